The van der Waals surface area contributed by atoms with Gasteiger partial charge < -0.3 is 36.3 Å². The third kappa shape index (κ3) is 19.9. The number of aliphatic hydroxyl groups is 1. The van der Waals surface area contributed by atoms with Gasteiger partial charge in [0.1, 0.15) is 18.1 Å². The molecule has 0 rings (SSSR count). The summed E-state index contributed by atoms with van der Waals surface area (Å²) in [6.07, 6.45) is 2.24. The van der Waals surface area contributed by atoms with Crippen molar-refractivity contribution in [2.75, 3.05) is 19.8 Å². The van der Waals surface area contributed by atoms with Gasteiger partial charge in [-0.1, -0.05) is 34.6 Å². The molecule has 0 saturated heterocycles. The minimum absolute atomic E-state index is 0.0334. The molecule has 0 fully saturated rings. The van der Waals surface area contributed by atoms with Crippen LogP contribution < -0.4 is 21.7 Å². The normalized spacial score (nSPS) is 14.3. The van der Waals surface area contributed by atoms with E-state index in [9.17, 15) is 29.1 Å². The Morgan fingerprint density at radius 3 is 1.93 bits per heavy atom. The van der Waals surface area contributed by atoms with Crippen LogP contribution in [0.1, 0.15) is 100 Å². The standard InChI is InChI=1S/C27H50N4O8.C2H6/c1-7-38-26(36)21(28)11-9-10-20(16-32)30-23(33)13-12-22(27(37)39-8-2)31-25(35)19(6)29-24(34)15-18(5)14-17(3)4;1-2/h17-22,32H,7-16,28H2,1-6H3,(H,29,34)(H,30,33)(H,31,35);1-2H3. The van der Waals surface area contributed by atoms with Crippen molar-refractivity contribution in [2.24, 2.45) is 17.6 Å². The zero-order chi connectivity index (χ0) is 32.0. The largest absolute Gasteiger partial charge is 0.465 e. The maximum Gasteiger partial charge on any atom is 0.328 e. The summed E-state index contributed by atoms with van der Waals surface area (Å²) in [5.74, 6) is -1.80. The molecular formula is C29H56N4O8. The van der Waals surface area contributed by atoms with Gasteiger partial charge in [-0.25, -0.2) is 4.79 Å². The van der Waals surface area contributed by atoms with Crippen molar-refractivity contribution >= 4 is 29.7 Å². The van der Waals surface area contributed by atoms with Gasteiger partial charge in [0.05, 0.1) is 25.9 Å². The van der Waals surface area contributed by atoms with E-state index in [1.165, 1.54) is 6.92 Å². The summed E-state index contributed by atoms with van der Waals surface area (Å²) >= 11 is 0. The lowest BCUT2D eigenvalue weighted by molar-refractivity contribution is -0.148. The molecule has 0 heterocycles. The summed E-state index contributed by atoms with van der Waals surface area (Å²) in [4.78, 5) is 61.5. The minimum Gasteiger partial charge on any atom is -0.465 e. The van der Waals surface area contributed by atoms with Crippen LogP contribution in [0.15, 0.2) is 0 Å². The molecule has 0 aromatic carbocycles. The molecule has 0 spiro atoms. The lowest BCUT2D eigenvalue weighted by Crippen LogP contribution is -2.51. The van der Waals surface area contributed by atoms with Crippen molar-refractivity contribution in [3.63, 3.8) is 0 Å². The molecule has 12 heteroatoms. The summed E-state index contributed by atoms with van der Waals surface area (Å²) in [6.45, 7) is 15.0. The molecule has 0 saturated carbocycles. The van der Waals surface area contributed by atoms with Gasteiger partial charge in [-0.15, -0.1) is 0 Å². The van der Waals surface area contributed by atoms with Crippen LogP contribution >= 0.6 is 0 Å². The van der Waals surface area contributed by atoms with Gasteiger partial charge in [0.25, 0.3) is 0 Å². The summed E-state index contributed by atoms with van der Waals surface area (Å²) < 4.78 is 9.90. The van der Waals surface area contributed by atoms with Gasteiger partial charge in [0, 0.05) is 12.8 Å². The third-order valence-electron chi connectivity index (χ3n) is 5.97. The first kappa shape index (κ1) is 40.4. The molecule has 0 radical (unpaired) electrons. The van der Waals surface area contributed by atoms with E-state index < -0.39 is 47.9 Å². The lowest BCUT2D eigenvalue weighted by atomic mass is 9.95. The highest BCUT2D eigenvalue weighted by atomic mass is 16.5. The number of carbonyl (C=O) groups is 5. The number of hydrogen-bond acceptors (Lipinski definition) is 9. The number of aliphatic hydroxyl groups excluding tert-OH is 1. The molecule has 0 aliphatic heterocycles. The first-order chi connectivity index (χ1) is 19.3. The first-order valence-electron chi connectivity index (χ1n) is 14.9. The number of nitrogens with one attached hydrogen (secondary N) is 3. The van der Waals surface area contributed by atoms with Gasteiger partial charge in [-0.05, 0) is 64.7 Å². The fraction of sp³-hybridized carbons (Fsp3) is 0.828. The van der Waals surface area contributed by atoms with E-state index in [2.05, 4.69) is 29.8 Å². The summed E-state index contributed by atoms with van der Waals surface area (Å²) in [6, 6.07) is -3.30. The zero-order valence-corrected chi connectivity index (χ0v) is 26.4. The van der Waals surface area contributed by atoms with Crippen LogP contribution in [0.25, 0.3) is 0 Å². The quantitative estimate of drug-likeness (QED) is 0.133. The van der Waals surface area contributed by atoms with Crippen molar-refractivity contribution in [1.29, 1.82) is 0 Å². The topological polar surface area (TPSA) is 186 Å². The zero-order valence-electron chi connectivity index (χ0n) is 26.4. The van der Waals surface area contributed by atoms with E-state index in [0.29, 0.717) is 25.2 Å². The molecule has 12 nitrogen and oxygen atoms in total. The van der Waals surface area contributed by atoms with Crippen LogP contribution in [-0.4, -0.2) is 78.8 Å². The van der Waals surface area contributed by atoms with Crippen LogP contribution in [-0.2, 0) is 33.4 Å². The number of carbonyl (C=O) groups excluding carboxylic acids is 5. The number of hydrogen-bond donors (Lipinski definition) is 5. The fourth-order valence-corrected chi connectivity index (χ4v) is 4.09. The Labute approximate surface area is 246 Å². The number of amides is 3. The maximum absolute atomic E-state index is 12.7. The third-order valence-corrected chi connectivity index (χ3v) is 5.97. The van der Waals surface area contributed by atoms with Gasteiger partial charge in [0.2, 0.25) is 17.7 Å². The molecule has 240 valence electrons. The predicted octanol–water partition coefficient (Wildman–Crippen LogP) is 1.96. The highest BCUT2D eigenvalue weighted by Crippen LogP contribution is 2.14. The molecular weight excluding hydrogens is 532 g/mol. The molecule has 6 N–H and O–H groups in total. The fourth-order valence-electron chi connectivity index (χ4n) is 4.09. The van der Waals surface area contributed by atoms with Crippen molar-refractivity contribution < 1.29 is 38.6 Å². The summed E-state index contributed by atoms with van der Waals surface area (Å²) in [5.41, 5.74) is 5.77. The Kier molecular flexibility index (Phi) is 23.6. The lowest BCUT2D eigenvalue weighted by Gasteiger charge is -2.22. The molecule has 0 bridgehead atoms. The molecule has 0 aromatic rings. The van der Waals surface area contributed by atoms with Crippen molar-refractivity contribution in [3.8, 4) is 0 Å². The van der Waals surface area contributed by atoms with Gasteiger partial charge >= 0.3 is 11.9 Å². The highest BCUT2D eigenvalue weighted by Gasteiger charge is 2.27. The van der Waals surface area contributed by atoms with Crippen molar-refractivity contribution in [2.45, 2.75) is 125 Å². The Morgan fingerprint density at radius 2 is 1.39 bits per heavy atom. The van der Waals surface area contributed by atoms with E-state index in [-0.39, 0.29) is 50.9 Å². The molecule has 0 aliphatic carbocycles. The number of ether oxygens (including phenoxy) is 2. The summed E-state index contributed by atoms with van der Waals surface area (Å²) in [5, 5.41) is 17.5. The molecule has 41 heavy (non-hydrogen) atoms. The maximum atomic E-state index is 12.7. The average molecular weight is 589 g/mol. The van der Waals surface area contributed by atoms with Crippen molar-refractivity contribution in [1.82, 2.24) is 16.0 Å². The van der Waals surface area contributed by atoms with Crippen LogP contribution in [0.2, 0.25) is 0 Å². The minimum atomic E-state index is -1.09. The Bertz CT molecular complexity index is 778. The van der Waals surface area contributed by atoms with Gasteiger partial charge in [0.15, 0.2) is 0 Å². The smallest absolute Gasteiger partial charge is 0.328 e. The Hall–Kier alpha value is -2.73. The van der Waals surface area contributed by atoms with E-state index in [0.717, 1.165) is 6.42 Å². The second-order valence-electron chi connectivity index (χ2n) is 10.3. The van der Waals surface area contributed by atoms with Gasteiger partial charge in [-0.2, -0.15) is 0 Å². The van der Waals surface area contributed by atoms with Crippen LogP contribution in [0.3, 0.4) is 0 Å². The number of rotatable bonds is 20. The predicted molar refractivity (Wildman–Crippen MR) is 157 cm³/mol. The number of nitrogens with two attached hydrogens (primary N) is 1. The van der Waals surface area contributed by atoms with Crippen molar-refractivity contribution in [3.05, 3.63) is 0 Å². The molecule has 0 aliphatic rings. The molecule has 0 aromatic heterocycles. The van der Waals surface area contributed by atoms with Crippen LogP contribution in [0.5, 0.6) is 0 Å². The number of esters is 2. The SMILES string of the molecule is CC.CCOC(=O)C(N)CCCC(CO)NC(=O)CCC(NC(=O)C(C)NC(=O)CC(C)CC(C)C)C(=O)OCC. The highest BCUT2D eigenvalue weighted by molar-refractivity contribution is 5.90. The first-order valence-corrected chi connectivity index (χ1v) is 14.9. The van der Waals surface area contributed by atoms with E-state index in [1.807, 2.05) is 20.8 Å². The van der Waals surface area contributed by atoms with Crippen LogP contribution in [0, 0.1) is 11.8 Å². The Balaban J connectivity index is 0. The Morgan fingerprint density at radius 1 is 0.805 bits per heavy atom. The second kappa shape index (κ2) is 23.9. The molecule has 3 amide bonds. The monoisotopic (exact) mass is 588 g/mol. The molecule has 5 atom stereocenters. The average Bonchev–Trinajstić information content (AvgIpc) is 2.90. The van der Waals surface area contributed by atoms with Gasteiger partial charge in [-0.3, -0.25) is 19.2 Å². The summed E-state index contributed by atoms with van der Waals surface area (Å²) in [7, 11) is 0. The van der Waals surface area contributed by atoms with Crippen LogP contribution in [0.4, 0.5) is 0 Å². The van der Waals surface area contributed by atoms with E-state index in [1.54, 1.807) is 13.8 Å². The van der Waals surface area contributed by atoms with E-state index in [4.69, 9.17) is 15.2 Å². The molecule has 5 unspecified atom stereocenters. The second-order valence-corrected chi connectivity index (χ2v) is 10.3. The van der Waals surface area contributed by atoms with E-state index >= 15 is 0 Å².